The van der Waals surface area contributed by atoms with Gasteiger partial charge >= 0.3 is 0 Å². The fourth-order valence-electron chi connectivity index (χ4n) is 4.98. The number of aromatic nitrogens is 2. The SMILES string of the molecule is Cc1nc(N2CCC(C(=O)N3CCCC(C)C3)CC2)c2cc(-c3ccccc3)sc2n1. The van der Waals surface area contributed by atoms with Gasteiger partial charge in [0.1, 0.15) is 16.5 Å². The number of rotatable bonds is 3. The quantitative estimate of drug-likeness (QED) is 0.573. The average molecular weight is 435 g/mol. The Bertz CT molecular complexity index is 1070. The van der Waals surface area contributed by atoms with Gasteiger partial charge in [-0.05, 0) is 50.2 Å². The molecule has 1 aromatic carbocycles. The van der Waals surface area contributed by atoms with Crippen molar-refractivity contribution in [1.29, 1.82) is 0 Å². The Hall–Kier alpha value is -2.47. The highest BCUT2D eigenvalue weighted by Crippen LogP contribution is 2.37. The zero-order valence-electron chi connectivity index (χ0n) is 18.4. The molecule has 0 saturated carbocycles. The summed E-state index contributed by atoms with van der Waals surface area (Å²) in [6.07, 6.45) is 4.20. The second kappa shape index (κ2) is 8.58. The maximum absolute atomic E-state index is 13.1. The molecule has 2 aromatic heterocycles. The fourth-order valence-corrected chi connectivity index (χ4v) is 6.06. The van der Waals surface area contributed by atoms with Crippen molar-refractivity contribution in [2.75, 3.05) is 31.1 Å². The van der Waals surface area contributed by atoms with E-state index in [-0.39, 0.29) is 5.92 Å². The lowest BCUT2D eigenvalue weighted by atomic mass is 9.92. The van der Waals surface area contributed by atoms with Crippen LogP contribution in [-0.4, -0.2) is 47.0 Å². The molecule has 5 nitrogen and oxygen atoms in total. The lowest BCUT2D eigenvalue weighted by Gasteiger charge is -2.37. The van der Waals surface area contributed by atoms with Gasteiger partial charge in [-0.3, -0.25) is 4.79 Å². The molecule has 31 heavy (non-hydrogen) atoms. The molecule has 0 radical (unpaired) electrons. The van der Waals surface area contributed by atoms with E-state index in [1.54, 1.807) is 11.3 Å². The van der Waals surface area contributed by atoms with Gasteiger partial charge in [-0.1, -0.05) is 37.3 Å². The zero-order valence-corrected chi connectivity index (χ0v) is 19.2. The monoisotopic (exact) mass is 434 g/mol. The van der Waals surface area contributed by atoms with Crippen molar-refractivity contribution in [3.8, 4) is 10.4 Å². The number of hydrogen-bond acceptors (Lipinski definition) is 5. The van der Waals surface area contributed by atoms with Gasteiger partial charge in [0.2, 0.25) is 5.91 Å². The smallest absolute Gasteiger partial charge is 0.225 e. The first kappa shape index (κ1) is 20.4. The molecule has 6 heteroatoms. The van der Waals surface area contributed by atoms with E-state index in [1.165, 1.54) is 16.9 Å². The first-order valence-electron chi connectivity index (χ1n) is 11.5. The number of benzene rings is 1. The van der Waals surface area contributed by atoms with Gasteiger partial charge in [-0.15, -0.1) is 11.3 Å². The first-order valence-corrected chi connectivity index (χ1v) is 12.3. The van der Waals surface area contributed by atoms with Crippen LogP contribution in [0.15, 0.2) is 36.4 Å². The van der Waals surface area contributed by atoms with E-state index in [0.29, 0.717) is 11.8 Å². The van der Waals surface area contributed by atoms with Gasteiger partial charge in [0.25, 0.3) is 0 Å². The number of carbonyl (C=O) groups excluding carboxylic acids is 1. The fraction of sp³-hybridized carbons (Fsp3) is 0.480. The molecule has 2 aliphatic heterocycles. The number of carbonyl (C=O) groups is 1. The van der Waals surface area contributed by atoms with Crippen molar-refractivity contribution in [2.24, 2.45) is 11.8 Å². The molecular formula is C25H30N4OS. The van der Waals surface area contributed by atoms with Gasteiger partial charge in [0.05, 0.1) is 5.39 Å². The molecule has 4 heterocycles. The third kappa shape index (κ3) is 4.18. The normalized spacial score (nSPS) is 20.4. The minimum atomic E-state index is 0.155. The standard InChI is InChI=1S/C25H30N4OS/c1-17-7-6-12-29(16-17)25(30)20-10-13-28(14-11-20)23-21-15-22(19-8-4-3-5-9-19)31-24(21)27-18(2)26-23/h3-5,8-9,15,17,20H,6-7,10-14,16H2,1-2H3. The van der Waals surface area contributed by atoms with Crippen LogP contribution >= 0.6 is 11.3 Å². The Morgan fingerprint density at radius 1 is 1.06 bits per heavy atom. The van der Waals surface area contributed by atoms with E-state index in [9.17, 15) is 4.79 Å². The first-order chi connectivity index (χ1) is 15.1. The highest BCUT2D eigenvalue weighted by Gasteiger charge is 2.31. The molecule has 2 fully saturated rings. The Kier molecular flexibility index (Phi) is 5.65. The van der Waals surface area contributed by atoms with Crippen LogP contribution in [-0.2, 0) is 4.79 Å². The molecule has 0 aliphatic carbocycles. The van der Waals surface area contributed by atoms with Crippen molar-refractivity contribution in [3.05, 3.63) is 42.2 Å². The lowest BCUT2D eigenvalue weighted by molar-refractivity contribution is -0.137. The second-order valence-electron chi connectivity index (χ2n) is 9.08. The summed E-state index contributed by atoms with van der Waals surface area (Å²) >= 11 is 1.73. The van der Waals surface area contributed by atoms with E-state index >= 15 is 0 Å². The van der Waals surface area contributed by atoms with Gasteiger partial charge in [-0.25, -0.2) is 9.97 Å². The maximum atomic E-state index is 13.1. The maximum Gasteiger partial charge on any atom is 0.225 e. The second-order valence-corrected chi connectivity index (χ2v) is 10.1. The third-order valence-electron chi connectivity index (χ3n) is 6.66. The molecular weight excluding hydrogens is 404 g/mol. The van der Waals surface area contributed by atoms with Gasteiger partial charge in [0.15, 0.2) is 0 Å². The Morgan fingerprint density at radius 2 is 1.84 bits per heavy atom. The van der Waals surface area contributed by atoms with Gasteiger partial charge in [0, 0.05) is 37.0 Å². The number of nitrogens with zero attached hydrogens (tertiary/aromatic N) is 4. The summed E-state index contributed by atoms with van der Waals surface area (Å²) in [6, 6.07) is 12.7. The van der Waals surface area contributed by atoms with Crippen LogP contribution in [0.5, 0.6) is 0 Å². The number of thiophene rings is 1. The summed E-state index contributed by atoms with van der Waals surface area (Å²) in [6.45, 7) is 7.85. The molecule has 1 atom stereocenters. The Balaban J connectivity index is 1.34. The molecule has 0 spiro atoms. The average Bonchev–Trinajstić information content (AvgIpc) is 3.23. The molecule has 2 aliphatic rings. The van der Waals surface area contributed by atoms with E-state index in [0.717, 1.165) is 67.3 Å². The van der Waals surface area contributed by atoms with Gasteiger partial charge in [-0.2, -0.15) is 0 Å². The van der Waals surface area contributed by atoms with Crippen LogP contribution < -0.4 is 4.90 Å². The summed E-state index contributed by atoms with van der Waals surface area (Å²) in [7, 11) is 0. The van der Waals surface area contributed by atoms with E-state index in [4.69, 9.17) is 9.97 Å². The highest BCUT2D eigenvalue weighted by atomic mass is 32.1. The summed E-state index contributed by atoms with van der Waals surface area (Å²) in [4.78, 5) is 29.3. The van der Waals surface area contributed by atoms with Gasteiger partial charge < -0.3 is 9.80 Å². The molecule has 1 amide bonds. The molecule has 0 bridgehead atoms. The van der Waals surface area contributed by atoms with Crippen LogP contribution in [0.2, 0.25) is 0 Å². The molecule has 162 valence electrons. The van der Waals surface area contributed by atoms with Crippen molar-refractivity contribution in [3.63, 3.8) is 0 Å². The van der Waals surface area contributed by atoms with Crippen LogP contribution in [0.3, 0.4) is 0 Å². The van der Waals surface area contributed by atoms with Crippen molar-refractivity contribution >= 4 is 33.3 Å². The lowest BCUT2D eigenvalue weighted by Crippen LogP contribution is -2.46. The number of likely N-dealkylation sites (tertiary alicyclic amines) is 1. The predicted octanol–water partition coefficient (Wildman–Crippen LogP) is 5.14. The predicted molar refractivity (Wildman–Crippen MR) is 128 cm³/mol. The molecule has 2 saturated heterocycles. The summed E-state index contributed by atoms with van der Waals surface area (Å²) in [5.41, 5.74) is 1.22. The largest absolute Gasteiger partial charge is 0.356 e. The summed E-state index contributed by atoms with van der Waals surface area (Å²) < 4.78 is 0. The number of hydrogen-bond donors (Lipinski definition) is 0. The minimum absolute atomic E-state index is 0.155. The minimum Gasteiger partial charge on any atom is -0.356 e. The van der Waals surface area contributed by atoms with Crippen molar-refractivity contribution < 1.29 is 4.79 Å². The molecule has 5 rings (SSSR count). The van der Waals surface area contributed by atoms with Crippen LogP contribution in [0.4, 0.5) is 5.82 Å². The van der Waals surface area contributed by atoms with E-state index < -0.39 is 0 Å². The highest BCUT2D eigenvalue weighted by molar-refractivity contribution is 7.21. The number of piperidine rings is 2. The number of anilines is 1. The van der Waals surface area contributed by atoms with Crippen LogP contribution in [0.1, 0.15) is 38.4 Å². The molecule has 0 N–H and O–H groups in total. The summed E-state index contributed by atoms with van der Waals surface area (Å²) in [5, 5.41) is 1.13. The number of aryl methyl sites for hydroxylation is 1. The molecule has 3 aromatic rings. The van der Waals surface area contributed by atoms with Crippen molar-refractivity contribution in [1.82, 2.24) is 14.9 Å². The van der Waals surface area contributed by atoms with Crippen LogP contribution in [0.25, 0.3) is 20.7 Å². The zero-order chi connectivity index (χ0) is 21.4. The van der Waals surface area contributed by atoms with Crippen LogP contribution in [0, 0.1) is 18.8 Å². The Morgan fingerprint density at radius 3 is 2.58 bits per heavy atom. The van der Waals surface area contributed by atoms with Crippen molar-refractivity contribution in [2.45, 2.75) is 39.5 Å². The van der Waals surface area contributed by atoms with E-state index in [2.05, 4.69) is 47.1 Å². The number of fused-ring (bicyclic) bond motifs is 1. The summed E-state index contributed by atoms with van der Waals surface area (Å²) in [5.74, 6) is 3.00. The molecule has 1 unspecified atom stereocenters. The third-order valence-corrected chi connectivity index (χ3v) is 7.73. The topological polar surface area (TPSA) is 49.3 Å². The van der Waals surface area contributed by atoms with E-state index in [1.807, 2.05) is 13.0 Å². The number of amides is 1. The Labute approximate surface area is 188 Å².